The van der Waals surface area contributed by atoms with Gasteiger partial charge in [0, 0.05) is 35.2 Å². The first-order chi connectivity index (χ1) is 12.3. The topological polar surface area (TPSA) is 70.7 Å². The highest BCUT2D eigenvalue weighted by Gasteiger charge is 2.21. The van der Waals surface area contributed by atoms with E-state index in [0.717, 1.165) is 53.2 Å². The van der Waals surface area contributed by atoms with Crippen LogP contribution in [0.15, 0.2) is 35.7 Å². The molecule has 1 aromatic carbocycles. The summed E-state index contributed by atoms with van der Waals surface area (Å²) in [6.07, 6.45) is 4.97. The van der Waals surface area contributed by atoms with Crippen LogP contribution < -0.4 is 5.32 Å². The molecule has 5 nitrogen and oxygen atoms in total. The van der Waals surface area contributed by atoms with Gasteiger partial charge in [0.15, 0.2) is 5.69 Å². The van der Waals surface area contributed by atoms with Crippen molar-refractivity contribution >= 4 is 17.2 Å². The number of carbonyl (C=O) groups is 1. The Morgan fingerprint density at radius 3 is 2.92 bits per heavy atom. The van der Waals surface area contributed by atoms with Crippen molar-refractivity contribution in [1.29, 1.82) is 0 Å². The third kappa shape index (κ3) is 3.49. The first-order valence-electron chi connectivity index (χ1n) is 8.65. The molecule has 0 aliphatic heterocycles. The van der Waals surface area contributed by atoms with Crippen LogP contribution in [0.4, 0.5) is 0 Å². The van der Waals surface area contributed by atoms with Crippen LogP contribution in [0, 0.1) is 0 Å². The van der Waals surface area contributed by atoms with E-state index in [1.54, 1.807) is 11.3 Å². The summed E-state index contributed by atoms with van der Waals surface area (Å²) < 4.78 is 0. The van der Waals surface area contributed by atoms with Crippen LogP contribution in [-0.2, 0) is 19.3 Å². The first-order valence-corrected chi connectivity index (χ1v) is 9.53. The zero-order valence-corrected chi connectivity index (χ0v) is 14.7. The fourth-order valence-corrected chi connectivity index (χ4v) is 4.05. The van der Waals surface area contributed by atoms with Gasteiger partial charge in [0.2, 0.25) is 0 Å². The molecule has 0 spiro atoms. The Hall–Kier alpha value is -2.47. The van der Waals surface area contributed by atoms with Crippen LogP contribution in [0.3, 0.4) is 0 Å². The van der Waals surface area contributed by atoms with Crippen LogP contribution in [0.1, 0.15) is 40.3 Å². The summed E-state index contributed by atoms with van der Waals surface area (Å²) in [7, 11) is 0. The van der Waals surface area contributed by atoms with Crippen molar-refractivity contribution in [2.75, 3.05) is 6.54 Å². The van der Waals surface area contributed by atoms with E-state index in [1.165, 1.54) is 6.42 Å². The van der Waals surface area contributed by atoms with Crippen molar-refractivity contribution in [3.8, 4) is 10.6 Å². The molecule has 1 amide bonds. The lowest BCUT2D eigenvalue weighted by molar-refractivity contribution is 0.0948. The van der Waals surface area contributed by atoms with Crippen LogP contribution in [0.5, 0.6) is 0 Å². The van der Waals surface area contributed by atoms with Crippen LogP contribution in [-0.4, -0.2) is 27.6 Å². The van der Waals surface area contributed by atoms with Crippen molar-refractivity contribution in [3.63, 3.8) is 0 Å². The Kier molecular flexibility index (Phi) is 4.61. The molecule has 2 aromatic heterocycles. The Morgan fingerprint density at radius 2 is 2.04 bits per heavy atom. The SMILES string of the molecule is O=C(NCCc1csc(-c2ccccc2)n1)c1n[nH]c2c1CCCC2. The number of nitrogens with zero attached hydrogens (tertiary/aromatic N) is 2. The minimum Gasteiger partial charge on any atom is -0.350 e. The molecule has 128 valence electrons. The Balaban J connectivity index is 1.34. The number of thiazole rings is 1. The number of aryl methyl sites for hydroxylation is 1. The fraction of sp³-hybridized carbons (Fsp3) is 0.316. The van der Waals surface area contributed by atoms with Gasteiger partial charge < -0.3 is 5.32 Å². The van der Waals surface area contributed by atoms with Crippen molar-refractivity contribution in [3.05, 3.63) is 58.4 Å². The zero-order valence-electron chi connectivity index (χ0n) is 13.9. The molecule has 0 saturated carbocycles. The number of amides is 1. The molecule has 2 heterocycles. The van der Waals surface area contributed by atoms with E-state index in [4.69, 9.17) is 0 Å². The molecule has 0 bridgehead atoms. The van der Waals surface area contributed by atoms with Gasteiger partial charge in [-0.15, -0.1) is 11.3 Å². The highest BCUT2D eigenvalue weighted by atomic mass is 32.1. The van der Waals surface area contributed by atoms with E-state index < -0.39 is 0 Å². The number of rotatable bonds is 5. The van der Waals surface area contributed by atoms with Crippen molar-refractivity contribution in [1.82, 2.24) is 20.5 Å². The lowest BCUT2D eigenvalue weighted by Gasteiger charge is -2.10. The Bertz CT molecular complexity index is 869. The monoisotopic (exact) mass is 352 g/mol. The van der Waals surface area contributed by atoms with Crippen LogP contribution >= 0.6 is 11.3 Å². The summed E-state index contributed by atoms with van der Waals surface area (Å²) in [4.78, 5) is 17.0. The summed E-state index contributed by atoms with van der Waals surface area (Å²) in [5, 5.41) is 13.3. The summed E-state index contributed by atoms with van der Waals surface area (Å²) >= 11 is 1.64. The average Bonchev–Trinajstić information content (AvgIpc) is 3.29. The van der Waals surface area contributed by atoms with Crippen molar-refractivity contribution in [2.24, 2.45) is 0 Å². The highest BCUT2D eigenvalue weighted by Crippen LogP contribution is 2.24. The van der Waals surface area contributed by atoms with Crippen molar-refractivity contribution < 1.29 is 4.79 Å². The molecular weight excluding hydrogens is 332 g/mol. The third-order valence-electron chi connectivity index (χ3n) is 4.51. The van der Waals surface area contributed by atoms with E-state index in [9.17, 15) is 4.79 Å². The summed E-state index contributed by atoms with van der Waals surface area (Å²) in [6.45, 7) is 0.568. The van der Waals surface area contributed by atoms with Gasteiger partial charge in [-0.2, -0.15) is 5.10 Å². The summed E-state index contributed by atoms with van der Waals surface area (Å²) in [5.41, 5.74) is 4.93. The van der Waals surface area contributed by atoms with Gasteiger partial charge in [-0.3, -0.25) is 9.89 Å². The minimum absolute atomic E-state index is 0.0853. The number of hydrogen-bond acceptors (Lipinski definition) is 4. The largest absolute Gasteiger partial charge is 0.350 e. The van der Waals surface area contributed by atoms with Gasteiger partial charge >= 0.3 is 0 Å². The van der Waals surface area contributed by atoms with Gasteiger partial charge in [-0.1, -0.05) is 30.3 Å². The number of nitrogens with one attached hydrogen (secondary N) is 2. The predicted octanol–water partition coefficient (Wildman–Crippen LogP) is 3.38. The molecule has 0 unspecified atom stereocenters. The molecular formula is C19H20N4OS. The van der Waals surface area contributed by atoms with Gasteiger partial charge in [-0.25, -0.2) is 4.98 Å². The van der Waals surface area contributed by atoms with Crippen molar-refractivity contribution in [2.45, 2.75) is 32.1 Å². The molecule has 0 saturated heterocycles. The molecule has 3 aromatic rings. The quantitative estimate of drug-likeness (QED) is 0.739. The standard InChI is InChI=1S/C19H20N4OS/c24-18(17-15-8-4-5-9-16(15)22-23-17)20-11-10-14-12-25-19(21-14)13-6-2-1-3-7-13/h1-3,6-7,12H,4-5,8-11H2,(H,20,24)(H,22,23). The molecule has 6 heteroatoms. The van der Waals surface area contributed by atoms with E-state index in [1.807, 2.05) is 18.2 Å². The normalized spacial score (nSPS) is 13.4. The maximum Gasteiger partial charge on any atom is 0.272 e. The predicted molar refractivity (Wildman–Crippen MR) is 98.8 cm³/mol. The maximum atomic E-state index is 12.4. The van der Waals surface area contributed by atoms with Gasteiger partial charge in [0.25, 0.3) is 5.91 Å². The van der Waals surface area contributed by atoms with Gasteiger partial charge in [0.05, 0.1) is 5.69 Å². The molecule has 4 rings (SSSR count). The second kappa shape index (κ2) is 7.19. The number of aromatic amines is 1. The Labute approximate surface area is 150 Å². The van der Waals surface area contributed by atoms with Crippen LogP contribution in [0.25, 0.3) is 10.6 Å². The molecule has 2 N–H and O–H groups in total. The molecule has 0 atom stereocenters. The number of hydrogen-bond donors (Lipinski definition) is 2. The minimum atomic E-state index is -0.0853. The third-order valence-corrected chi connectivity index (χ3v) is 5.45. The number of fused-ring (bicyclic) bond motifs is 1. The molecule has 25 heavy (non-hydrogen) atoms. The molecule has 1 aliphatic rings. The number of H-pyrrole nitrogens is 1. The average molecular weight is 352 g/mol. The lowest BCUT2D eigenvalue weighted by Crippen LogP contribution is -2.27. The molecule has 1 aliphatic carbocycles. The van der Waals surface area contributed by atoms with Crippen LogP contribution in [0.2, 0.25) is 0 Å². The maximum absolute atomic E-state index is 12.4. The molecule has 0 radical (unpaired) electrons. The van der Waals surface area contributed by atoms with E-state index in [-0.39, 0.29) is 5.91 Å². The summed E-state index contributed by atoms with van der Waals surface area (Å²) in [5.74, 6) is -0.0853. The Morgan fingerprint density at radius 1 is 1.20 bits per heavy atom. The number of aromatic nitrogens is 3. The number of benzene rings is 1. The fourth-order valence-electron chi connectivity index (χ4n) is 3.19. The smallest absolute Gasteiger partial charge is 0.272 e. The highest BCUT2D eigenvalue weighted by molar-refractivity contribution is 7.13. The van der Waals surface area contributed by atoms with Gasteiger partial charge in [-0.05, 0) is 25.7 Å². The summed E-state index contributed by atoms with van der Waals surface area (Å²) in [6, 6.07) is 10.2. The number of carbonyl (C=O) groups excluding carboxylic acids is 1. The zero-order chi connectivity index (χ0) is 17.1. The van der Waals surface area contributed by atoms with E-state index >= 15 is 0 Å². The second-order valence-corrected chi connectivity index (χ2v) is 7.11. The first kappa shape index (κ1) is 16.0. The van der Waals surface area contributed by atoms with Gasteiger partial charge in [0.1, 0.15) is 5.01 Å². The van der Waals surface area contributed by atoms with E-state index in [2.05, 4.69) is 38.0 Å². The molecule has 0 fully saturated rings. The second-order valence-electron chi connectivity index (χ2n) is 6.25. The van der Waals surface area contributed by atoms with E-state index in [0.29, 0.717) is 12.2 Å². The lowest BCUT2D eigenvalue weighted by atomic mass is 9.96.